The van der Waals surface area contributed by atoms with Gasteiger partial charge in [-0.3, -0.25) is 0 Å². The van der Waals surface area contributed by atoms with Gasteiger partial charge in [0.15, 0.2) is 0 Å². The van der Waals surface area contributed by atoms with E-state index in [-0.39, 0.29) is 13.2 Å². The third-order valence-electron chi connectivity index (χ3n) is 2.39. The van der Waals surface area contributed by atoms with Gasteiger partial charge in [-0.05, 0) is 12.1 Å². The van der Waals surface area contributed by atoms with Gasteiger partial charge in [-0.15, -0.1) is 0 Å². The van der Waals surface area contributed by atoms with Crippen LogP contribution in [-0.4, -0.2) is 49.5 Å². The Bertz CT molecular complexity index is 423. The highest BCUT2D eigenvalue weighted by atomic mass is 19.1. The molecule has 0 aromatic heterocycles. The largest absolute Gasteiger partial charge is 0.389 e. The molecule has 1 aromatic rings. The summed E-state index contributed by atoms with van der Waals surface area (Å²) in [5, 5.41) is 11.6. The standard InChI is InChI=1S/C12H16F2N2O3/c1-16(6-8(17)7-19-2)12(18)15-11-9(13)4-3-5-10(11)14/h3-5,8,17H,6-7H2,1-2H3,(H,15,18). The van der Waals surface area contributed by atoms with Gasteiger partial charge in [-0.1, -0.05) is 6.07 Å². The molecule has 2 amide bonds. The van der Waals surface area contributed by atoms with Gasteiger partial charge in [0.05, 0.1) is 19.3 Å². The van der Waals surface area contributed by atoms with Gasteiger partial charge in [0.1, 0.15) is 17.3 Å². The number of benzene rings is 1. The second-order valence-electron chi connectivity index (χ2n) is 4.02. The predicted molar refractivity (Wildman–Crippen MR) is 65.9 cm³/mol. The first kappa shape index (κ1) is 15.3. The summed E-state index contributed by atoms with van der Waals surface area (Å²) in [4.78, 5) is 12.8. The number of carbonyl (C=O) groups excluding carboxylic acids is 1. The quantitative estimate of drug-likeness (QED) is 0.854. The Labute approximate surface area is 109 Å². The van der Waals surface area contributed by atoms with E-state index >= 15 is 0 Å². The second-order valence-corrected chi connectivity index (χ2v) is 4.02. The minimum Gasteiger partial charge on any atom is -0.389 e. The van der Waals surface area contributed by atoms with Gasteiger partial charge in [-0.25, -0.2) is 13.6 Å². The van der Waals surface area contributed by atoms with Gasteiger partial charge in [-0.2, -0.15) is 0 Å². The van der Waals surface area contributed by atoms with Gasteiger partial charge in [0.2, 0.25) is 0 Å². The smallest absolute Gasteiger partial charge is 0.321 e. The highest BCUT2D eigenvalue weighted by Gasteiger charge is 2.17. The van der Waals surface area contributed by atoms with Crippen LogP contribution < -0.4 is 5.32 Å². The first-order chi connectivity index (χ1) is 8.95. The maximum atomic E-state index is 13.3. The van der Waals surface area contributed by atoms with Crippen molar-refractivity contribution in [3.05, 3.63) is 29.8 Å². The number of carbonyl (C=O) groups is 1. The van der Waals surface area contributed by atoms with E-state index in [0.717, 1.165) is 17.0 Å². The molecule has 1 atom stereocenters. The molecule has 1 unspecified atom stereocenters. The van der Waals surface area contributed by atoms with Gasteiger partial charge < -0.3 is 20.1 Å². The zero-order chi connectivity index (χ0) is 14.4. The molecule has 0 aliphatic rings. The van der Waals surface area contributed by atoms with E-state index < -0.39 is 29.5 Å². The molecule has 0 aliphatic carbocycles. The van der Waals surface area contributed by atoms with Crippen LogP contribution in [0.25, 0.3) is 0 Å². The zero-order valence-corrected chi connectivity index (χ0v) is 10.7. The molecule has 0 bridgehead atoms. The summed E-state index contributed by atoms with van der Waals surface area (Å²) in [6.45, 7) is 0.0431. The number of para-hydroxylation sites is 1. The molecule has 0 fully saturated rings. The molecule has 7 heteroatoms. The predicted octanol–water partition coefficient (Wildman–Crippen LogP) is 1.44. The number of hydrogen-bond donors (Lipinski definition) is 2. The van der Waals surface area contributed by atoms with Gasteiger partial charge in [0, 0.05) is 14.2 Å². The molecular formula is C12H16F2N2O3. The number of methoxy groups -OCH3 is 1. The molecule has 0 spiro atoms. The molecule has 1 rings (SSSR count). The van der Waals surface area contributed by atoms with Crippen LogP contribution >= 0.6 is 0 Å². The van der Waals surface area contributed by atoms with E-state index in [1.54, 1.807) is 0 Å². The third kappa shape index (κ3) is 4.46. The van der Waals surface area contributed by atoms with Crippen LogP contribution in [0, 0.1) is 11.6 Å². The number of aliphatic hydroxyl groups excluding tert-OH is 1. The zero-order valence-electron chi connectivity index (χ0n) is 10.7. The fraction of sp³-hybridized carbons (Fsp3) is 0.417. The van der Waals surface area contributed by atoms with Crippen molar-refractivity contribution in [1.82, 2.24) is 4.90 Å². The van der Waals surface area contributed by atoms with Gasteiger partial charge in [0.25, 0.3) is 0 Å². The van der Waals surface area contributed by atoms with Gasteiger partial charge >= 0.3 is 6.03 Å². The number of rotatable bonds is 5. The summed E-state index contributed by atoms with van der Waals surface area (Å²) >= 11 is 0. The van der Waals surface area contributed by atoms with Crippen molar-refractivity contribution in [2.75, 3.05) is 32.6 Å². The molecule has 2 N–H and O–H groups in total. The van der Waals surface area contributed by atoms with Crippen LogP contribution in [0.5, 0.6) is 0 Å². The summed E-state index contributed by atoms with van der Waals surface area (Å²) in [5.74, 6) is -1.72. The van der Waals surface area contributed by atoms with Crippen molar-refractivity contribution >= 4 is 11.7 Å². The fourth-order valence-corrected chi connectivity index (χ4v) is 1.46. The van der Waals surface area contributed by atoms with Crippen molar-refractivity contribution in [1.29, 1.82) is 0 Å². The number of likely N-dealkylation sites (N-methyl/N-ethyl adjacent to an activating group) is 1. The van der Waals surface area contributed by atoms with Crippen LogP contribution in [0.2, 0.25) is 0 Å². The minimum atomic E-state index is -0.869. The lowest BCUT2D eigenvalue weighted by Gasteiger charge is -2.21. The topological polar surface area (TPSA) is 61.8 Å². The molecule has 0 saturated carbocycles. The average Bonchev–Trinajstić information content (AvgIpc) is 2.34. The van der Waals surface area contributed by atoms with Crippen LogP contribution in [0.3, 0.4) is 0 Å². The Morgan fingerprint density at radius 2 is 2.05 bits per heavy atom. The first-order valence-corrected chi connectivity index (χ1v) is 5.58. The number of nitrogens with one attached hydrogen (secondary N) is 1. The molecule has 0 heterocycles. The SMILES string of the molecule is COCC(O)CN(C)C(=O)Nc1c(F)cccc1F. The molecule has 0 saturated heterocycles. The number of halogens is 2. The van der Waals surface area contributed by atoms with E-state index in [1.807, 2.05) is 0 Å². The van der Waals surface area contributed by atoms with Crippen LogP contribution in [-0.2, 0) is 4.74 Å². The Morgan fingerprint density at radius 3 is 2.58 bits per heavy atom. The number of aliphatic hydroxyl groups is 1. The fourth-order valence-electron chi connectivity index (χ4n) is 1.46. The summed E-state index contributed by atoms with van der Waals surface area (Å²) < 4.78 is 31.3. The molecule has 19 heavy (non-hydrogen) atoms. The molecule has 0 aliphatic heterocycles. The minimum absolute atomic E-state index is 0.0181. The third-order valence-corrected chi connectivity index (χ3v) is 2.39. The van der Waals surface area contributed by atoms with Crippen molar-refractivity contribution in [2.24, 2.45) is 0 Å². The molecule has 1 aromatic carbocycles. The second kappa shape index (κ2) is 7.01. The van der Waals surface area contributed by atoms with E-state index in [0.29, 0.717) is 0 Å². The van der Waals surface area contributed by atoms with Crippen LogP contribution in [0.15, 0.2) is 18.2 Å². The Balaban J connectivity index is 2.64. The number of amides is 2. The monoisotopic (exact) mass is 274 g/mol. The number of ether oxygens (including phenoxy) is 1. The normalized spacial score (nSPS) is 12.1. The number of anilines is 1. The summed E-state index contributed by atoms with van der Waals surface area (Å²) in [6, 6.07) is 2.56. The van der Waals surface area contributed by atoms with Crippen molar-refractivity contribution in [3.63, 3.8) is 0 Å². The maximum Gasteiger partial charge on any atom is 0.321 e. The van der Waals surface area contributed by atoms with Crippen LogP contribution in [0.4, 0.5) is 19.3 Å². The lowest BCUT2D eigenvalue weighted by molar-refractivity contribution is 0.0501. The number of nitrogens with zero attached hydrogens (tertiary/aromatic N) is 1. The van der Waals surface area contributed by atoms with Crippen molar-refractivity contribution in [2.45, 2.75) is 6.10 Å². The highest BCUT2D eigenvalue weighted by molar-refractivity contribution is 5.89. The summed E-state index contributed by atoms with van der Waals surface area (Å²) in [5.41, 5.74) is -0.513. The van der Waals surface area contributed by atoms with E-state index in [2.05, 4.69) is 5.32 Å². The molecular weight excluding hydrogens is 258 g/mol. The van der Waals surface area contributed by atoms with Crippen molar-refractivity contribution in [3.8, 4) is 0 Å². The lowest BCUT2D eigenvalue weighted by atomic mass is 10.3. The maximum absolute atomic E-state index is 13.3. The Morgan fingerprint density at radius 1 is 1.47 bits per heavy atom. The number of hydrogen-bond acceptors (Lipinski definition) is 3. The van der Waals surface area contributed by atoms with Crippen LogP contribution in [0.1, 0.15) is 0 Å². The molecule has 106 valence electrons. The number of urea groups is 1. The van der Waals surface area contributed by atoms with E-state index in [4.69, 9.17) is 4.74 Å². The molecule has 0 radical (unpaired) electrons. The molecule has 5 nitrogen and oxygen atoms in total. The summed E-state index contributed by atoms with van der Waals surface area (Å²) in [7, 11) is 2.81. The van der Waals surface area contributed by atoms with Crippen molar-refractivity contribution < 1.29 is 23.4 Å². The van der Waals surface area contributed by atoms with E-state index in [1.165, 1.54) is 20.2 Å². The highest BCUT2D eigenvalue weighted by Crippen LogP contribution is 2.18. The van der Waals surface area contributed by atoms with E-state index in [9.17, 15) is 18.7 Å². The Kier molecular flexibility index (Phi) is 5.65. The summed E-state index contributed by atoms with van der Waals surface area (Å²) in [6.07, 6.45) is -0.869. The Hall–Kier alpha value is -1.73. The first-order valence-electron chi connectivity index (χ1n) is 5.58. The average molecular weight is 274 g/mol. The lowest BCUT2D eigenvalue weighted by Crippen LogP contribution is -2.39.